The predicted octanol–water partition coefficient (Wildman–Crippen LogP) is 3.15. The van der Waals surface area contributed by atoms with Gasteiger partial charge in [-0.05, 0) is 47.8 Å². The second-order valence-electron chi connectivity index (χ2n) is 7.68. The number of rotatable bonds is 7. The summed E-state index contributed by atoms with van der Waals surface area (Å²) in [7, 11) is 4.15. The third-order valence-electron chi connectivity index (χ3n) is 3.60. The summed E-state index contributed by atoms with van der Waals surface area (Å²) < 4.78 is 2.05. The third-order valence-corrected chi connectivity index (χ3v) is 3.88. The first-order valence-corrected chi connectivity index (χ1v) is 8.02. The average molecular weight is 315 g/mol. The van der Waals surface area contributed by atoms with Gasteiger partial charge in [-0.15, -0.1) is 0 Å². The maximum Gasteiger partial charge on any atom is 0.0823 e. The first-order chi connectivity index (χ1) is 9.53. The molecule has 0 spiro atoms. The fourth-order valence-corrected chi connectivity index (χ4v) is 2.76. The van der Waals surface area contributed by atoms with Crippen LogP contribution in [0.4, 0.5) is 0 Å². The topological polar surface area (TPSA) is 33.1 Å². The predicted molar refractivity (Wildman–Crippen MR) is 91.2 cm³/mol. The van der Waals surface area contributed by atoms with Crippen molar-refractivity contribution in [1.82, 2.24) is 20.0 Å². The van der Waals surface area contributed by atoms with Crippen LogP contribution < -0.4 is 5.32 Å². The van der Waals surface area contributed by atoms with Crippen LogP contribution >= 0.6 is 11.6 Å². The van der Waals surface area contributed by atoms with Crippen molar-refractivity contribution in [3.63, 3.8) is 0 Å². The molecule has 122 valence electrons. The minimum Gasteiger partial charge on any atom is -0.312 e. The van der Waals surface area contributed by atoms with Gasteiger partial charge in [-0.25, -0.2) is 0 Å². The van der Waals surface area contributed by atoms with Crippen molar-refractivity contribution in [3.05, 3.63) is 16.9 Å². The molecular formula is C16H31ClN4. The van der Waals surface area contributed by atoms with E-state index in [1.807, 2.05) is 0 Å². The van der Waals surface area contributed by atoms with Gasteiger partial charge in [0.25, 0.3) is 0 Å². The van der Waals surface area contributed by atoms with E-state index in [1.165, 1.54) is 0 Å². The van der Waals surface area contributed by atoms with Gasteiger partial charge in [-0.1, -0.05) is 25.4 Å². The molecule has 0 radical (unpaired) electrons. The maximum absolute atomic E-state index is 6.40. The van der Waals surface area contributed by atoms with E-state index in [2.05, 4.69) is 68.7 Å². The summed E-state index contributed by atoms with van der Waals surface area (Å²) in [5.41, 5.74) is 1.28. The van der Waals surface area contributed by atoms with E-state index in [0.29, 0.717) is 0 Å². The Balaban J connectivity index is 2.79. The van der Waals surface area contributed by atoms with Gasteiger partial charge >= 0.3 is 0 Å². The quantitative estimate of drug-likeness (QED) is 0.839. The summed E-state index contributed by atoms with van der Waals surface area (Å²) in [6, 6.07) is 0. The Bertz CT molecular complexity index is 444. The Morgan fingerprint density at radius 1 is 1.24 bits per heavy atom. The van der Waals surface area contributed by atoms with E-state index < -0.39 is 0 Å². The van der Waals surface area contributed by atoms with Crippen molar-refractivity contribution in [2.45, 2.75) is 58.5 Å². The van der Waals surface area contributed by atoms with Gasteiger partial charge in [0, 0.05) is 17.5 Å². The lowest BCUT2D eigenvalue weighted by Gasteiger charge is -2.29. The Hall–Kier alpha value is -0.580. The number of aromatic nitrogens is 2. The number of halogens is 1. The average Bonchev–Trinajstić information content (AvgIpc) is 2.66. The molecule has 1 aromatic heterocycles. The second-order valence-corrected chi connectivity index (χ2v) is 8.09. The zero-order valence-electron chi connectivity index (χ0n) is 14.6. The Kier molecular flexibility index (Phi) is 6.26. The van der Waals surface area contributed by atoms with Gasteiger partial charge in [0.15, 0.2) is 0 Å². The molecular weight excluding hydrogens is 284 g/mol. The molecule has 21 heavy (non-hydrogen) atoms. The third kappa shape index (κ3) is 5.97. The summed E-state index contributed by atoms with van der Waals surface area (Å²) in [4.78, 5) is 2.16. The van der Waals surface area contributed by atoms with E-state index in [1.54, 1.807) is 6.20 Å². The molecule has 0 atom stereocenters. The second kappa shape index (κ2) is 7.12. The lowest BCUT2D eigenvalue weighted by Crippen LogP contribution is -2.39. The zero-order valence-corrected chi connectivity index (χ0v) is 15.4. The van der Waals surface area contributed by atoms with Crippen molar-refractivity contribution in [2.24, 2.45) is 0 Å². The highest BCUT2D eigenvalue weighted by atomic mass is 35.5. The Morgan fingerprint density at radius 3 is 2.38 bits per heavy atom. The minimum absolute atomic E-state index is 0.00184. The molecule has 0 aromatic carbocycles. The lowest BCUT2D eigenvalue weighted by atomic mass is 9.85. The molecule has 1 heterocycles. The van der Waals surface area contributed by atoms with Gasteiger partial charge in [-0.3, -0.25) is 4.68 Å². The number of nitrogens with zero attached hydrogens (tertiary/aromatic N) is 3. The van der Waals surface area contributed by atoms with Gasteiger partial charge in [0.2, 0.25) is 0 Å². The summed E-state index contributed by atoms with van der Waals surface area (Å²) in [6.45, 7) is 13.8. The zero-order chi connectivity index (χ0) is 16.3. The van der Waals surface area contributed by atoms with Crippen LogP contribution in [0.25, 0.3) is 0 Å². The molecule has 4 nitrogen and oxygen atoms in total. The summed E-state index contributed by atoms with van der Waals surface area (Å²) in [5, 5.41) is 8.77. The molecule has 0 unspecified atom stereocenters. The number of nitrogens with one attached hydrogen (secondary N) is 1. The van der Waals surface area contributed by atoms with Crippen LogP contribution in [0, 0.1) is 0 Å². The maximum atomic E-state index is 6.40. The fraction of sp³-hybridized carbons (Fsp3) is 0.812. The minimum atomic E-state index is -0.00184. The highest BCUT2D eigenvalue weighted by Gasteiger charge is 2.28. The number of hydrogen-bond acceptors (Lipinski definition) is 3. The number of hydrogen-bond donors (Lipinski definition) is 1. The lowest BCUT2D eigenvalue weighted by molar-refractivity contribution is 0.340. The van der Waals surface area contributed by atoms with Crippen molar-refractivity contribution >= 4 is 11.6 Å². The van der Waals surface area contributed by atoms with Crippen molar-refractivity contribution in [2.75, 3.05) is 27.2 Å². The van der Waals surface area contributed by atoms with E-state index in [0.717, 1.165) is 36.8 Å². The molecule has 0 fully saturated rings. The SMILES string of the molecule is CN(C)CCn1ncc(Cl)c1C(C)(C)CCNC(C)(C)C. The van der Waals surface area contributed by atoms with Gasteiger partial charge in [-0.2, -0.15) is 5.10 Å². The van der Waals surface area contributed by atoms with E-state index in [9.17, 15) is 0 Å². The highest BCUT2D eigenvalue weighted by molar-refractivity contribution is 6.31. The highest BCUT2D eigenvalue weighted by Crippen LogP contribution is 2.32. The normalized spacial score (nSPS) is 13.2. The van der Waals surface area contributed by atoms with E-state index in [4.69, 9.17) is 11.6 Å². The molecule has 5 heteroatoms. The van der Waals surface area contributed by atoms with E-state index >= 15 is 0 Å². The molecule has 0 saturated heterocycles. The van der Waals surface area contributed by atoms with Gasteiger partial charge in [0.1, 0.15) is 0 Å². The standard InChI is InChI=1S/C16H31ClN4/c1-15(2,3)18-9-8-16(4,5)14-13(17)12-19-21(14)11-10-20(6)7/h12,18H,8-11H2,1-7H3. The fourth-order valence-electron chi connectivity index (χ4n) is 2.37. The van der Waals surface area contributed by atoms with Crippen molar-refractivity contribution < 1.29 is 0 Å². The summed E-state index contributed by atoms with van der Waals surface area (Å²) in [5.74, 6) is 0. The molecule has 0 aliphatic rings. The van der Waals surface area contributed by atoms with Crippen LogP contribution in [-0.4, -0.2) is 47.4 Å². The molecule has 1 rings (SSSR count). The van der Waals surface area contributed by atoms with Crippen LogP contribution in [-0.2, 0) is 12.0 Å². The molecule has 0 amide bonds. The molecule has 0 aliphatic heterocycles. The van der Waals surface area contributed by atoms with Crippen LogP contribution in [0.5, 0.6) is 0 Å². The summed E-state index contributed by atoms with van der Waals surface area (Å²) >= 11 is 6.40. The Labute approximate surface area is 134 Å². The molecule has 0 aliphatic carbocycles. The van der Waals surface area contributed by atoms with E-state index in [-0.39, 0.29) is 11.0 Å². The van der Waals surface area contributed by atoms with Crippen LogP contribution in [0.3, 0.4) is 0 Å². The molecule has 1 N–H and O–H groups in total. The largest absolute Gasteiger partial charge is 0.312 e. The molecule has 0 saturated carbocycles. The first kappa shape index (κ1) is 18.5. The van der Waals surface area contributed by atoms with Crippen LogP contribution in [0.1, 0.15) is 46.7 Å². The van der Waals surface area contributed by atoms with Gasteiger partial charge in [0.05, 0.1) is 23.5 Å². The number of likely N-dealkylation sites (N-methyl/N-ethyl adjacent to an activating group) is 1. The monoisotopic (exact) mass is 314 g/mol. The summed E-state index contributed by atoms with van der Waals surface area (Å²) in [6.07, 6.45) is 2.79. The first-order valence-electron chi connectivity index (χ1n) is 7.64. The molecule has 1 aromatic rings. The van der Waals surface area contributed by atoms with Gasteiger partial charge < -0.3 is 10.2 Å². The van der Waals surface area contributed by atoms with Crippen LogP contribution in [0.2, 0.25) is 5.02 Å². The smallest absolute Gasteiger partial charge is 0.0823 e. The van der Waals surface area contributed by atoms with Crippen molar-refractivity contribution in [3.8, 4) is 0 Å². The van der Waals surface area contributed by atoms with Crippen molar-refractivity contribution in [1.29, 1.82) is 0 Å². The van der Waals surface area contributed by atoms with Crippen LogP contribution in [0.15, 0.2) is 6.20 Å². The molecule has 0 bridgehead atoms. The Morgan fingerprint density at radius 2 is 1.86 bits per heavy atom.